The Bertz CT molecular complexity index is 428. The van der Waals surface area contributed by atoms with Crippen LogP contribution in [0.5, 0.6) is 0 Å². The van der Waals surface area contributed by atoms with Crippen molar-refractivity contribution >= 4 is 21.7 Å². The van der Waals surface area contributed by atoms with Crippen LogP contribution in [-0.4, -0.2) is 17.2 Å². The van der Waals surface area contributed by atoms with Crippen molar-refractivity contribution in [1.29, 1.82) is 0 Å². The van der Waals surface area contributed by atoms with Crippen LogP contribution >= 0.6 is 15.9 Å². The second-order valence-electron chi connectivity index (χ2n) is 3.45. The van der Waals surface area contributed by atoms with Gasteiger partial charge in [-0.1, -0.05) is 0 Å². The van der Waals surface area contributed by atoms with Gasteiger partial charge in [0.1, 0.15) is 11.9 Å². The van der Waals surface area contributed by atoms with Gasteiger partial charge in [-0.3, -0.25) is 0 Å². The molecule has 2 nitrogen and oxygen atoms in total. The maximum absolute atomic E-state index is 12.5. The SMILES string of the molecule is C[C@@H](Nc1cc(C(F)(F)F)c(Br)cn1)C(F)(F)F. The highest BCUT2D eigenvalue weighted by Crippen LogP contribution is 2.36. The lowest BCUT2D eigenvalue weighted by atomic mass is 10.2. The third kappa shape index (κ3) is 3.76. The molecule has 9 heteroatoms. The maximum Gasteiger partial charge on any atom is 0.417 e. The molecule has 1 atom stereocenters. The molecule has 0 bridgehead atoms. The van der Waals surface area contributed by atoms with Crippen LogP contribution in [0.25, 0.3) is 0 Å². The quantitative estimate of drug-likeness (QED) is 0.817. The fourth-order valence-corrected chi connectivity index (χ4v) is 1.48. The molecule has 0 fully saturated rings. The van der Waals surface area contributed by atoms with Gasteiger partial charge in [0, 0.05) is 10.7 Å². The van der Waals surface area contributed by atoms with Crippen LogP contribution in [0.1, 0.15) is 12.5 Å². The van der Waals surface area contributed by atoms with E-state index in [1.165, 1.54) is 0 Å². The number of aromatic nitrogens is 1. The Morgan fingerprint density at radius 3 is 2.22 bits per heavy atom. The number of anilines is 1. The highest BCUT2D eigenvalue weighted by molar-refractivity contribution is 9.10. The molecule has 0 amide bonds. The summed E-state index contributed by atoms with van der Waals surface area (Å²) in [4.78, 5) is 3.45. The topological polar surface area (TPSA) is 24.9 Å². The molecule has 1 rings (SSSR count). The zero-order chi connectivity index (χ0) is 14.1. The van der Waals surface area contributed by atoms with E-state index in [1.54, 1.807) is 0 Å². The average Bonchev–Trinajstić information content (AvgIpc) is 2.17. The number of alkyl halides is 6. The van der Waals surface area contributed by atoms with Gasteiger partial charge in [-0.25, -0.2) is 4.98 Å². The number of nitrogens with zero attached hydrogens (tertiary/aromatic N) is 1. The second kappa shape index (κ2) is 4.94. The van der Waals surface area contributed by atoms with Gasteiger partial charge >= 0.3 is 12.4 Å². The lowest BCUT2D eigenvalue weighted by Crippen LogP contribution is -2.33. The number of rotatable bonds is 2. The van der Waals surface area contributed by atoms with Crippen molar-refractivity contribution in [2.45, 2.75) is 25.3 Å². The van der Waals surface area contributed by atoms with Crippen LogP contribution in [0.15, 0.2) is 16.7 Å². The van der Waals surface area contributed by atoms with E-state index in [-0.39, 0.29) is 4.47 Å². The molecule has 0 spiro atoms. The fourth-order valence-electron chi connectivity index (χ4n) is 1.04. The van der Waals surface area contributed by atoms with Crippen molar-refractivity contribution in [3.8, 4) is 0 Å². The first-order valence-electron chi connectivity index (χ1n) is 4.58. The van der Waals surface area contributed by atoms with Crippen LogP contribution in [0.4, 0.5) is 32.2 Å². The first kappa shape index (κ1) is 15.1. The number of hydrogen-bond donors (Lipinski definition) is 1. The molecule has 0 saturated heterocycles. The van der Waals surface area contributed by atoms with Gasteiger partial charge in [0.15, 0.2) is 0 Å². The van der Waals surface area contributed by atoms with Crippen LogP contribution in [0, 0.1) is 0 Å². The van der Waals surface area contributed by atoms with Crippen LogP contribution in [0.2, 0.25) is 0 Å². The van der Waals surface area contributed by atoms with Crippen molar-refractivity contribution in [3.05, 3.63) is 22.3 Å². The van der Waals surface area contributed by atoms with Crippen molar-refractivity contribution in [2.24, 2.45) is 0 Å². The van der Waals surface area contributed by atoms with Gasteiger partial charge in [0.25, 0.3) is 0 Å². The molecule has 0 aliphatic heterocycles. The maximum atomic E-state index is 12.5. The summed E-state index contributed by atoms with van der Waals surface area (Å²) in [5.41, 5.74) is -1.09. The molecule has 0 saturated carbocycles. The summed E-state index contributed by atoms with van der Waals surface area (Å²) in [6.07, 6.45) is -8.43. The van der Waals surface area contributed by atoms with Gasteiger partial charge in [-0.15, -0.1) is 0 Å². The van der Waals surface area contributed by atoms with Gasteiger partial charge in [0.2, 0.25) is 0 Å². The zero-order valence-electron chi connectivity index (χ0n) is 8.83. The van der Waals surface area contributed by atoms with Crippen LogP contribution < -0.4 is 5.32 Å². The van der Waals surface area contributed by atoms with Gasteiger partial charge < -0.3 is 5.32 Å². The monoisotopic (exact) mass is 336 g/mol. The van der Waals surface area contributed by atoms with E-state index in [4.69, 9.17) is 0 Å². The number of pyridine rings is 1. The van der Waals surface area contributed by atoms with E-state index in [1.807, 2.05) is 5.32 Å². The highest BCUT2D eigenvalue weighted by Gasteiger charge is 2.37. The first-order valence-corrected chi connectivity index (χ1v) is 5.37. The minimum atomic E-state index is -4.67. The molecular formula is C9H7BrF6N2. The zero-order valence-corrected chi connectivity index (χ0v) is 10.4. The van der Waals surface area contributed by atoms with Gasteiger partial charge in [0.05, 0.1) is 5.56 Å². The minimum Gasteiger partial charge on any atom is -0.359 e. The molecule has 0 radical (unpaired) electrons. The second-order valence-corrected chi connectivity index (χ2v) is 4.31. The van der Waals surface area contributed by atoms with Crippen molar-refractivity contribution in [2.75, 3.05) is 5.32 Å². The predicted molar refractivity (Wildman–Crippen MR) is 56.1 cm³/mol. The highest BCUT2D eigenvalue weighted by atomic mass is 79.9. The summed E-state index contributed by atoms with van der Waals surface area (Å²) in [5.74, 6) is -0.490. The molecule has 102 valence electrons. The molecule has 1 heterocycles. The molecule has 1 aromatic heterocycles. The van der Waals surface area contributed by atoms with Gasteiger partial charge in [-0.2, -0.15) is 26.3 Å². The van der Waals surface area contributed by atoms with E-state index in [0.717, 1.165) is 13.1 Å². The molecule has 0 aromatic carbocycles. The summed E-state index contributed by atoms with van der Waals surface area (Å²) in [7, 11) is 0. The summed E-state index contributed by atoms with van der Waals surface area (Å²) in [6.45, 7) is 0.789. The normalized spacial score (nSPS) is 14.4. The summed E-state index contributed by atoms with van der Waals surface area (Å²) in [5, 5.41) is 1.86. The van der Waals surface area contributed by atoms with E-state index in [2.05, 4.69) is 20.9 Å². The average molecular weight is 337 g/mol. The lowest BCUT2D eigenvalue weighted by Gasteiger charge is -2.18. The predicted octanol–water partition coefficient (Wildman–Crippen LogP) is 4.23. The largest absolute Gasteiger partial charge is 0.417 e. The number of hydrogen-bond acceptors (Lipinski definition) is 2. The Morgan fingerprint density at radius 2 is 1.78 bits per heavy atom. The van der Waals surface area contributed by atoms with E-state index >= 15 is 0 Å². The Morgan fingerprint density at radius 1 is 1.22 bits per heavy atom. The third-order valence-corrected chi connectivity index (χ3v) is 2.65. The Kier molecular flexibility index (Phi) is 4.14. The number of nitrogens with one attached hydrogen (secondary N) is 1. The fraction of sp³-hybridized carbons (Fsp3) is 0.444. The third-order valence-electron chi connectivity index (χ3n) is 2.02. The molecule has 0 aliphatic rings. The van der Waals surface area contributed by atoms with Crippen LogP contribution in [0.3, 0.4) is 0 Å². The van der Waals surface area contributed by atoms with E-state index in [9.17, 15) is 26.3 Å². The lowest BCUT2D eigenvalue weighted by molar-refractivity contribution is -0.138. The smallest absolute Gasteiger partial charge is 0.359 e. The molecule has 0 aliphatic carbocycles. The molecule has 18 heavy (non-hydrogen) atoms. The molecule has 1 aromatic rings. The van der Waals surface area contributed by atoms with Crippen molar-refractivity contribution in [3.63, 3.8) is 0 Å². The van der Waals surface area contributed by atoms with Gasteiger partial charge in [-0.05, 0) is 28.9 Å². The Balaban J connectivity index is 3.00. The van der Waals surface area contributed by atoms with E-state index in [0.29, 0.717) is 6.07 Å². The van der Waals surface area contributed by atoms with Crippen molar-refractivity contribution < 1.29 is 26.3 Å². The Labute approximate surface area is 107 Å². The molecular weight excluding hydrogens is 330 g/mol. The van der Waals surface area contributed by atoms with Crippen LogP contribution in [-0.2, 0) is 6.18 Å². The minimum absolute atomic E-state index is 0.333. The molecule has 0 unspecified atom stereocenters. The Hall–Kier alpha value is -0.990. The summed E-state index contributed by atoms with van der Waals surface area (Å²) < 4.78 is 73.8. The molecule has 1 N–H and O–H groups in total. The number of halogens is 7. The van der Waals surface area contributed by atoms with E-state index < -0.39 is 29.8 Å². The first-order chi connectivity index (χ1) is 8.01. The summed E-state index contributed by atoms with van der Waals surface area (Å²) >= 11 is 2.64. The standard InChI is InChI=1S/C9H7BrF6N2/c1-4(8(11,12)13)18-7-2-5(9(14,15)16)6(10)3-17-7/h2-4H,1H3,(H,17,18)/t4-/m1/s1. The van der Waals surface area contributed by atoms with Crippen molar-refractivity contribution in [1.82, 2.24) is 4.98 Å². The summed E-state index contributed by atoms with van der Waals surface area (Å²) in [6, 6.07) is -1.47.